The van der Waals surface area contributed by atoms with E-state index < -0.39 is 30.6 Å². The number of rotatable bonds is 4. The lowest BCUT2D eigenvalue weighted by Gasteiger charge is -2.39. The Morgan fingerprint density at radius 2 is 1.05 bits per heavy atom. The highest BCUT2D eigenvalue weighted by molar-refractivity contribution is 5.07. The molecule has 116 valence electrons. The van der Waals surface area contributed by atoms with Gasteiger partial charge in [-0.1, -0.05) is 13.8 Å². The Kier molecular flexibility index (Phi) is 5.18. The van der Waals surface area contributed by atoms with Gasteiger partial charge in [-0.3, -0.25) is 5.32 Å². The molecule has 10 heteroatoms. The van der Waals surface area contributed by atoms with Crippen molar-refractivity contribution in [1.29, 1.82) is 0 Å². The fraction of sp³-hybridized carbons (Fsp3) is 1.00. The van der Waals surface area contributed by atoms with Gasteiger partial charge in [0.05, 0.1) is 0 Å². The first-order valence-electron chi connectivity index (χ1n) is 5.12. The van der Waals surface area contributed by atoms with E-state index in [2.05, 4.69) is 0 Å². The molecule has 0 saturated carbocycles. The van der Waals surface area contributed by atoms with Gasteiger partial charge in [0.1, 0.15) is 0 Å². The van der Waals surface area contributed by atoms with E-state index >= 15 is 0 Å². The van der Waals surface area contributed by atoms with Gasteiger partial charge in [0.15, 0.2) is 0 Å². The van der Waals surface area contributed by atoms with Gasteiger partial charge < -0.3 is 0 Å². The first kappa shape index (κ1) is 18.3. The fourth-order valence-electron chi connectivity index (χ4n) is 1.33. The van der Waals surface area contributed by atoms with Crippen LogP contribution in [0.2, 0.25) is 0 Å². The van der Waals surface area contributed by atoms with Crippen molar-refractivity contribution >= 4 is 0 Å². The fourth-order valence-corrected chi connectivity index (χ4v) is 1.33. The van der Waals surface area contributed by atoms with Gasteiger partial charge in [-0.25, -0.2) is 0 Å². The second kappa shape index (κ2) is 5.37. The minimum Gasteiger partial charge on any atom is -0.288 e. The first-order valence-corrected chi connectivity index (χ1v) is 5.12. The molecule has 0 unspecified atom stereocenters. The van der Waals surface area contributed by atoms with Crippen molar-refractivity contribution in [1.82, 2.24) is 5.32 Å². The molecule has 0 rings (SSSR count). The van der Waals surface area contributed by atoms with E-state index in [1.807, 2.05) is 0 Å². The molecule has 0 spiro atoms. The SMILES string of the molecule is CC(C)CCNC(C(F)(F)F)(C(F)(F)F)C(F)(F)F. The van der Waals surface area contributed by atoms with Gasteiger partial charge in [-0.05, 0) is 18.9 Å². The van der Waals surface area contributed by atoms with E-state index in [1.165, 1.54) is 13.8 Å². The molecular formula is C9H12F9N. The molecule has 0 aliphatic carbocycles. The third-order valence-corrected chi connectivity index (χ3v) is 2.39. The number of nitrogens with one attached hydrogen (secondary N) is 1. The maximum atomic E-state index is 12.4. The largest absolute Gasteiger partial charge is 0.424 e. The molecule has 0 fully saturated rings. The summed E-state index contributed by atoms with van der Waals surface area (Å²) >= 11 is 0. The maximum absolute atomic E-state index is 12.4. The summed E-state index contributed by atoms with van der Waals surface area (Å²) in [5, 5.41) is 0.609. The molecule has 1 N–H and O–H groups in total. The highest BCUT2D eigenvalue weighted by Gasteiger charge is 2.83. The quantitative estimate of drug-likeness (QED) is 0.773. The molecule has 0 aromatic carbocycles. The highest BCUT2D eigenvalue weighted by Crippen LogP contribution is 2.52. The molecule has 1 nitrogen and oxygen atoms in total. The summed E-state index contributed by atoms with van der Waals surface area (Å²) in [6, 6.07) is 0. The molecule has 0 aliphatic rings. The predicted octanol–water partition coefficient (Wildman–Crippen LogP) is 4.05. The lowest BCUT2D eigenvalue weighted by Crippen LogP contribution is -2.74. The Morgan fingerprint density at radius 3 is 1.26 bits per heavy atom. The summed E-state index contributed by atoms with van der Waals surface area (Å²) < 4.78 is 112. The van der Waals surface area contributed by atoms with Gasteiger partial charge in [0, 0.05) is 0 Å². The zero-order chi connectivity index (χ0) is 15.7. The number of hydrogen-bond donors (Lipinski definition) is 1. The van der Waals surface area contributed by atoms with Crippen LogP contribution in [-0.2, 0) is 0 Å². The zero-order valence-electron chi connectivity index (χ0n) is 9.89. The van der Waals surface area contributed by atoms with E-state index in [9.17, 15) is 39.5 Å². The molecular weight excluding hydrogens is 293 g/mol. The van der Waals surface area contributed by atoms with Crippen LogP contribution in [0.15, 0.2) is 0 Å². The topological polar surface area (TPSA) is 12.0 Å². The van der Waals surface area contributed by atoms with Gasteiger partial charge in [0.2, 0.25) is 0 Å². The molecule has 0 amide bonds. The van der Waals surface area contributed by atoms with Crippen molar-refractivity contribution in [3.8, 4) is 0 Å². The van der Waals surface area contributed by atoms with Gasteiger partial charge in [-0.2, -0.15) is 39.5 Å². The smallest absolute Gasteiger partial charge is 0.288 e. The summed E-state index contributed by atoms with van der Waals surface area (Å²) in [7, 11) is 0. The third-order valence-electron chi connectivity index (χ3n) is 2.39. The van der Waals surface area contributed by atoms with Crippen molar-refractivity contribution in [2.24, 2.45) is 5.92 Å². The van der Waals surface area contributed by atoms with E-state index in [0.29, 0.717) is 5.32 Å². The van der Waals surface area contributed by atoms with Crippen LogP contribution < -0.4 is 5.32 Å². The van der Waals surface area contributed by atoms with Crippen molar-refractivity contribution in [3.63, 3.8) is 0 Å². The molecule has 0 aromatic rings. The number of hydrogen-bond acceptors (Lipinski definition) is 1. The Hall–Kier alpha value is -0.670. The van der Waals surface area contributed by atoms with Crippen LogP contribution in [0, 0.1) is 5.92 Å². The monoisotopic (exact) mass is 305 g/mol. The standard InChI is InChI=1S/C9H12F9N/c1-5(2)3-4-19-6(7(10,11)12,8(13,14)15)9(16,17)18/h5,19H,3-4H2,1-2H3. The lowest BCUT2D eigenvalue weighted by atomic mass is 9.96. The van der Waals surface area contributed by atoms with Crippen LogP contribution in [0.3, 0.4) is 0 Å². The molecule has 19 heavy (non-hydrogen) atoms. The molecule has 0 bridgehead atoms. The molecule has 0 radical (unpaired) electrons. The summed E-state index contributed by atoms with van der Waals surface area (Å²) in [6.07, 6.45) is -19.9. The summed E-state index contributed by atoms with van der Waals surface area (Å²) in [5.41, 5.74) is -5.90. The van der Waals surface area contributed by atoms with Crippen molar-refractivity contribution < 1.29 is 39.5 Å². The number of halogens is 9. The predicted molar refractivity (Wildman–Crippen MR) is 48.4 cm³/mol. The van der Waals surface area contributed by atoms with E-state index in [4.69, 9.17) is 0 Å². The highest BCUT2D eigenvalue weighted by atomic mass is 19.4. The van der Waals surface area contributed by atoms with Crippen LogP contribution in [0.5, 0.6) is 0 Å². The second-order valence-electron chi connectivity index (χ2n) is 4.35. The third kappa shape index (κ3) is 3.67. The van der Waals surface area contributed by atoms with E-state index in [-0.39, 0.29) is 12.3 Å². The molecule has 0 heterocycles. The summed E-state index contributed by atoms with van der Waals surface area (Å²) in [6.45, 7) is 1.85. The second-order valence-corrected chi connectivity index (χ2v) is 4.35. The van der Waals surface area contributed by atoms with Crippen molar-refractivity contribution in [2.45, 2.75) is 44.3 Å². The molecule has 0 aromatic heterocycles. The molecule has 0 atom stereocenters. The van der Waals surface area contributed by atoms with E-state index in [1.54, 1.807) is 0 Å². The van der Waals surface area contributed by atoms with E-state index in [0.717, 1.165) is 0 Å². The van der Waals surface area contributed by atoms with Crippen molar-refractivity contribution in [2.75, 3.05) is 6.54 Å². The minimum atomic E-state index is -6.54. The average molecular weight is 305 g/mol. The molecule has 0 saturated heterocycles. The first-order chi connectivity index (χ1) is 8.17. The average Bonchev–Trinajstić information content (AvgIpc) is 2.04. The summed E-state index contributed by atoms with van der Waals surface area (Å²) in [4.78, 5) is 0. The van der Waals surface area contributed by atoms with Crippen LogP contribution in [0.4, 0.5) is 39.5 Å². The maximum Gasteiger partial charge on any atom is 0.424 e. The summed E-state index contributed by atoms with van der Waals surface area (Å²) in [5.74, 6) is -0.347. The van der Waals surface area contributed by atoms with Gasteiger partial charge in [0.25, 0.3) is 0 Å². The normalized spacial score (nSPS) is 15.2. The Bertz CT molecular complexity index is 249. The number of alkyl halides is 9. The Labute approximate surface area is 103 Å². The van der Waals surface area contributed by atoms with Gasteiger partial charge >= 0.3 is 24.1 Å². The lowest BCUT2D eigenvalue weighted by molar-refractivity contribution is -0.389. The van der Waals surface area contributed by atoms with Crippen LogP contribution in [-0.4, -0.2) is 30.6 Å². The van der Waals surface area contributed by atoms with Crippen molar-refractivity contribution in [3.05, 3.63) is 0 Å². The van der Waals surface area contributed by atoms with Crippen LogP contribution in [0.25, 0.3) is 0 Å². The van der Waals surface area contributed by atoms with Crippen LogP contribution >= 0.6 is 0 Å². The van der Waals surface area contributed by atoms with Crippen LogP contribution in [0.1, 0.15) is 20.3 Å². The van der Waals surface area contributed by atoms with Gasteiger partial charge in [-0.15, -0.1) is 0 Å². The minimum absolute atomic E-state index is 0.260. The zero-order valence-corrected chi connectivity index (χ0v) is 9.89. The molecule has 0 aliphatic heterocycles. The Morgan fingerprint density at radius 1 is 0.737 bits per heavy atom. The Balaban J connectivity index is 5.56.